The van der Waals surface area contributed by atoms with Crippen molar-refractivity contribution in [1.82, 2.24) is 10.2 Å². The topological polar surface area (TPSA) is 54.7 Å². The first-order valence-corrected chi connectivity index (χ1v) is 7.63. The van der Waals surface area contributed by atoms with Gasteiger partial charge in [0.15, 0.2) is 5.82 Å². The van der Waals surface area contributed by atoms with Gasteiger partial charge in [-0.05, 0) is 49.1 Å². The zero-order valence-electron chi connectivity index (χ0n) is 11.9. The molecule has 3 heteroatoms. The summed E-state index contributed by atoms with van der Waals surface area (Å²) in [5.74, 6) is 3.05. The van der Waals surface area contributed by atoms with E-state index in [2.05, 4.69) is 41.4 Å². The number of hydrogen-bond acceptors (Lipinski definition) is 2. The van der Waals surface area contributed by atoms with Crippen LogP contribution in [0.1, 0.15) is 42.9 Å². The molecule has 4 rings (SSSR count). The molecule has 0 aliphatic heterocycles. The van der Waals surface area contributed by atoms with Crippen LogP contribution < -0.4 is 5.73 Å². The summed E-state index contributed by atoms with van der Waals surface area (Å²) in [4.78, 5) is 0. The molecule has 3 N–H and O–H groups in total. The monoisotopic (exact) mass is 267 g/mol. The second-order valence-corrected chi connectivity index (χ2v) is 6.49. The molecule has 2 saturated carbocycles. The van der Waals surface area contributed by atoms with E-state index in [9.17, 15) is 0 Å². The Balaban J connectivity index is 1.81. The van der Waals surface area contributed by atoms with Gasteiger partial charge in [-0.1, -0.05) is 30.7 Å². The lowest BCUT2D eigenvalue weighted by atomic mass is 9.83. The summed E-state index contributed by atoms with van der Waals surface area (Å²) < 4.78 is 0. The first-order chi connectivity index (χ1) is 9.74. The zero-order chi connectivity index (χ0) is 13.7. The average molecular weight is 267 g/mol. The number of hydrogen-bond donors (Lipinski definition) is 2. The fourth-order valence-corrected chi connectivity index (χ4v) is 4.37. The lowest BCUT2D eigenvalue weighted by Crippen LogP contribution is -2.10. The summed E-state index contributed by atoms with van der Waals surface area (Å²) in [6.07, 6.45) is 5.51. The second-order valence-electron chi connectivity index (χ2n) is 6.49. The Morgan fingerprint density at radius 2 is 2.05 bits per heavy atom. The van der Waals surface area contributed by atoms with Crippen molar-refractivity contribution in [2.24, 2.45) is 11.8 Å². The maximum atomic E-state index is 6.17. The molecule has 3 atom stereocenters. The van der Waals surface area contributed by atoms with E-state index in [0.717, 1.165) is 17.4 Å². The Labute approximate surface area is 119 Å². The predicted molar refractivity (Wildman–Crippen MR) is 81.4 cm³/mol. The summed E-state index contributed by atoms with van der Waals surface area (Å²) in [5, 5.41) is 7.57. The van der Waals surface area contributed by atoms with E-state index in [1.165, 1.54) is 42.5 Å². The highest BCUT2D eigenvalue weighted by molar-refractivity contribution is 5.79. The molecule has 0 saturated heterocycles. The summed E-state index contributed by atoms with van der Waals surface area (Å²) in [6, 6.07) is 8.46. The molecule has 0 spiro atoms. The zero-order valence-corrected chi connectivity index (χ0v) is 11.9. The molecule has 1 aromatic carbocycles. The highest BCUT2D eigenvalue weighted by Crippen LogP contribution is 2.54. The third-order valence-corrected chi connectivity index (χ3v) is 5.35. The maximum Gasteiger partial charge on any atom is 0.153 e. The number of benzene rings is 1. The van der Waals surface area contributed by atoms with Gasteiger partial charge >= 0.3 is 0 Å². The minimum Gasteiger partial charge on any atom is -0.382 e. The van der Waals surface area contributed by atoms with Crippen molar-refractivity contribution in [3.63, 3.8) is 0 Å². The summed E-state index contributed by atoms with van der Waals surface area (Å²) in [6.45, 7) is 2.15. The number of aromatic amines is 1. The summed E-state index contributed by atoms with van der Waals surface area (Å²) in [7, 11) is 0. The number of nitrogen functional groups attached to an aromatic ring is 1. The lowest BCUT2D eigenvalue weighted by molar-refractivity contribution is 0.413. The molecule has 1 heterocycles. The average Bonchev–Trinajstić information content (AvgIpc) is 3.14. The number of aryl methyl sites for hydroxylation is 1. The number of rotatable bonds is 2. The highest BCUT2D eigenvalue weighted by Gasteiger charge is 2.42. The number of anilines is 1. The molecule has 2 aromatic rings. The van der Waals surface area contributed by atoms with Crippen molar-refractivity contribution in [3.8, 4) is 11.1 Å². The Morgan fingerprint density at radius 3 is 2.75 bits per heavy atom. The molecule has 1 aromatic heterocycles. The first kappa shape index (κ1) is 12.0. The summed E-state index contributed by atoms with van der Waals surface area (Å²) >= 11 is 0. The number of nitrogens with zero attached hydrogens (tertiary/aromatic N) is 1. The second kappa shape index (κ2) is 4.37. The molecule has 3 unspecified atom stereocenters. The van der Waals surface area contributed by atoms with Crippen LogP contribution >= 0.6 is 0 Å². The fourth-order valence-electron chi connectivity index (χ4n) is 4.37. The molecule has 0 radical (unpaired) electrons. The van der Waals surface area contributed by atoms with Crippen molar-refractivity contribution in [2.75, 3.05) is 5.73 Å². The van der Waals surface area contributed by atoms with Crippen molar-refractivity contribution in [1.29, 1.82) is 0 Å². The van der Waals surface area contributed by atoms with Crippen molar-refractivity contribution in [2.45, 2.75) is 38.5 Å². The van der Waals surface area contributed by atoms with Gasteiger partial charge in [0.2, 0.25) is 0 Å². The van der Waals surface area contributed by atoms with Crippen LogP contribution in [0.15, 0.2) is 24.3 Å². The van der Waals surface area contributed by atoms with Crippen LogP contribution in [0.5, 0.6) is 0 Å². The predicted octanol–water partition coefficient (Wildman–Crippen LogP) is 3.87. The van der Waals surface area contributed by atoms with Gasteiger partial charge in [-0.2, -0.15) is 5.10 Å². The maximum absolute atomic E-state index is 6.17. The number of H-pyrrole nitrogens is 1. The van der Waals surface area contributed by atoms with Gasteiger partial charge in [-0.25, -0.2) is 0 Å². The minimum atomic E-state index is 0.633. The van der Waals surface area contributed by atoms with Gasteiger partial charge in [-0.15, -0.1) is 0 Å². The van der Waals surface area contributed by atoms with E-state index in [0.29, 0.717) is 11.7 Å². The smallest absolute Gasteiger partial charge is 0.153 e. The standard InChI is InChI=1S/C17H21N3/c1-10-4-2-3-5-13(10)15-16(19-20-17(15)18)14-9-11-6-7-12(14)8-11/h2-5,11-12,14H,6-9H2,1H3,(H3,18,19,20). The Hall–Kier alpha value is -1.77. The number of aromatic nitrogens is 2. The van der Waals surface area contributed by atoms with Gasteiger partial charge < -0.3 is 5.73 Å². The van der Waals surface area contributed by atoms with Crippen LogP contribution in [0, 0.1) is 18.8 Å². The van der Waals surface area contributed by atoms with Gasteiger partial charge in [-0.3, -0.25) is 5.10 Å². The van der Waals surface area contributed by atoms with Crippen LogP contribution in [0.25, 0.3) is 11.1 Å². The third-order valence-electron chi connectivity index (χ3n) is 5.35. The van der Waals surface area contributed by atoms with Gasteiger partial charge in [0.05, 0.1) is 0 Å². The van der Waals surface area contributed by atoms with Gasteiger partial charge in [0.25, 0.3) is 0 Å². The molecule has 2 bridgehead atoms. The lowest BCUT2D eigenvalue weighted by Gasteiger charge is -2.22. The van der Waals surface area contributed by atoms with Crippen LogP contribution in [0.2, 0.25) is 0 Å². The molecule has 3 nitrogen and oxygen atoms in total. The highest BCUT2D eigenvalue weighted by atomic mass is 15.2. The first-order valence-electron chi connectivity index (χ1n) is 7.63. The quantitative estimate of drug-likeness (QED) is 0.867. The van der Waals surface area contributed by atoms with E-state index in [-0.39, 0.29) is 0 Å². The molecular weight excluding hydrogens is 246 g/mol. The van der Waals surface area contributed by atoms with E-state index in [1.54, 1.807) is 0 Å². The SMILES string of the molecule is Cc1ccccc1-c1c(N)n[nH]c1C1CC2CCC1C2. The molecule has 0 amide bonds. The van der Waals surface area contributed by atoms with Gasteiger partial charge in [0, 0.05) is 17.2 Å². The minimum absolute atomic E-state index is 0.633. The van der Waals surface area contributed by atoms with Crippen LogP contribution in [-0.2, 0) is 0 Å². The van der Waals surface area contributed by atoms with Crippen LogP contribution in [0.3, 0.4) is 0 Å². The Morgan fingerprint density at radius 1 is 1.20 bits per heavy atom. The molecule has 2 aliphatic carbocycles. The van der Waals surface area contributed by atoms with Crippen molar-refractivity contribution >= 4 is 5.82 Å². The molecular formula is C17H21N3. The third kappa shape index (κ3) is 1.69. The van der Waals surface area contributed by atoms with E-state index >= 15 is 0 Å². The van der Waals surface area contributed by atoms with Crippen LogP contribution in [0.4, 0.5) is 5.82 Å². The molecule has 104 valence electrons. The van der Waals surface area contributed by atoms with Crippen molar-refractivity contribution in [3.05, 3.63) is 35.5 Å². The largest absolute Gasteiger partial charge is 0.382 e. The summed E-state index contributed by atoms with van der Waals surface area (Å²) in [5.41, 5.74) is 11.1. The molecule has 20 heavy (non-hydrogen) atoms. The van der Waals surface area contributed by atoms with E-state index in [4.69, 9.17) is 5.73 Å². The Bertz CT molecular complexity index is 643. The number of fused-ring (bicyclic) bond motifs is 2. The Kier molecular flexibility index (Phi) is 2.62. The van der Waals surface area contributed by atoms with Crippen molar-refractivity contribution < 1.29 is 0 Å². The van der Waals surface area contributed by atoms with E-state index in [1.807, 2.05) is 0 Å². The number of nitrogens with two attached hydrogens (primary N) is 1. The molecule has 2 aliphatic rings. The fraction of sp³-hybridized carbons (Fsp3) is 0.471. The van der Waals surface area contributed by atoms with Crippen LogP contribution in [-0.4, -0.2) is 10.2 Å². The van der Waals surface area contributed by atoms with E-state index < -0.39 is 0 Å². The van der Waals surface area contributed by atoms with Gasteiger partial charge in [0.1, 0.15) is 0 Å². The number of nitrogens with one attached hydrogen (secondary N) is 1. The molecule has 2 fully saturated rings. The normalized spacial score (nSPS) is 28.1.